The van der Waals surface area contributed by atoms with Crippen LogP contribution in [0.25, 0.3) is 0 Å². The first-order valence-corrected chi connectivity index (χ1v) is 11.7. The zero-order valence-electron chi connectivity index (χ0n) is 20.0. The summed E-state index contributed by atoms with van der Waals surface area (Å²) in [5, 5.41) is 33.4. The summed E-state index contributed by atoms with van der Waals surface area (Å²) >= 11 is 0. The topological polar surface area (TPSA) is 141 Å². The molecule has 9 heteroatoms. The second kappa shape index (κ2) is 9.62. The van der Waals surface area contributed by atoms with Crippen molar-refractivity contribution >= 4 is 23.5 Å². The van der Waals surface area contributed by atoms with Gasteiger partial charge < -0.3 is 24.9 Å². The number of hydrogen-bond acceptors (Lipinski definition) is 8. The van der Waals surface area contributed by atoms with E-state index < -0.39 is 59.7 Å². The molecule has 0 amide bonds. The molecule has 4 aliphatic carbocycles. The van der Waals surface area contributed by atoms with E-state index in [1.165, 1.54) is 0 Å². The first-order valence-electron chi connectivity index (χ1n) is 11.7. The van der Waals surface area contributed by atoms with Crippen molar-refractivity contribution in [2.75, 3.05) is 6.61 Å². The number of esters is 1. The third-order valence-electron chi connectivity index (χ3n) is 9.01. The van der Waals surface area contributed by atoms with Gasteiger partial charge in [-0.05, 0) is 62.5 Å². The van der Waals surface area contributed by atoms with E-state index in [1.54, 1.807) is 12.2 Å². The summed E-state index contributed by atoms with van der Waals surface area (Å²) in [7, 11) is 0. The predicted molar refractivity (Wildman–Crippen MR) is 113 cm³/mol. The van der Waals surface area contributed by atoms with Crippen LogP contribution in [0.15, 0.2) is 23.8 Å². The van der Waals surface area contributed by atoms with Crippen molar-refractivity contribution in [2.45, 2.75) is 70.5 Å². The number of fused-ring (bicyclic) bond motifs is 5. The van der Waals surface area contributed by atoms with Gasteiger partial charge in [0.1, 0.15) is 5.60 Å². The number of carbonyl (C=O) groups is 4. The number of carboxylic acid groups (broad SMARTS) is 1. The quantitative estimate of drug-likeness (QED) is 0.317. The molecular formula is C25H31NaO8. The second-order valence-corrected chi connectivity index (χ2v) is 10.6. The molecule has 0 aromatic rings. The van der Waals surface area contributed by atoms with Crippen LogP contribution in [-0.4, -0.2) is 52.0 Å². The van der Waals surface area contributed by atoms with Crippen molar-refractivity contribution in [1.82, 2.24) is 0 Å². The van der Waals surface area contributed by atoms with Crippen LogP contribution in [0.3, 0.4) is 0 Å². The van der Waals surface area contributed by atoms with E-state index in [9.17, 15) is 34.5 Å². The van der Waals surface area contributed by atoms with E-state index in [4.69, 9.17) is 4.74 Å². The van der Waals surface area contributed by atoms with Gasteiger partial charge in [-0.1, -0.05) is 25.5 Å². The number of aliphatic hydroxyl groups excluding tert-OH is 1. The van der Waals surface area contributed by atoms with E-state index in [2.05, 4.69) is 6.92 Å². The fourth-order valence-corrected chi connectivity index (χ4v) is 7.33. The minimum absolute atomic E-state index is 0. The Bertz CT molecular complexity index is 957. The van der Waals surface area contributed by atoms with Crippen LogP contribution < -0.4 is 34.7 Å². The van der Waals surface area contributed by atoms with Crippen LogP contribution in [0.1, 0.15) is 58.8 Å². The van der Waals surface area contributed by atoms with Gasteiger partial charge in [-0.2, -0.15) is 0 Å². The molecule has 4 aliphatic rings. The molecule has 0 radical (unpaired) electrons. The number of rotatable bonds is 6. The van der Waals surface area contributed by atoms with Crippen molar-refractivity contribution in [2.24, 2.45) is 28.6 Å². The Labute approximate surface area is 221 Å². The summed E-state index contributed by atoms with van der Waals surface area (Å²) in [5.74, 6) is -2.91. The summed E-state index contributed by atoms with van der Waals surface area (Å²) in [4.78, 5) is 47.2. The van der Waals surface area contributed by atoms with Gasteiger partial charge in [-0.3, -0.25) is 14.4 Å². The molecule has 0 spiro atoms. The first kappa shape index (κ1) is 27.3. The molecule has 3 saturated carbocycles. The maximum atomic E-state index is 13.1. The third kappa shape index (κ3) is 4.26. The van der Waals surface area contributed by atoms with E-state index in [1.807, 2.05) is 13.0 Å². The molecule has 0 heterocycles. The van der Waals surface area contributed by atoms with Gasteiger partial charge in [0.25, 0.3) is 0 Å². The fourth-order valence-electron chi connectivity index (χ4n) is 7.33. The molecule has 0 saturated heterocycles. The number of aliphatic carboxylic acids is 1. The number of Topliss-reactive ketones (excluding diaryl/α,β-unsaturated/α-hetero) is 1. The summed E-state index contributed by atoms with van der Waals surface area (Å²) in [6.45, 7) is 3.26. The average Bonchev–Trinajstić information content (AvgIpc) is 3.02. The zero-order valence-corrected chi connectivity index (χ0v) is 22.0. The Kier molecular flexibility index (Phi) is 7.71. The molecule has 0 aromatic carbocycles. The molecule has 0 aliphatic heterocycles. The summed E-state index contributed by atoms with van der Waals surface area (Å²) in [6.07, 6.45) is 6.04. The third-order valence-corrected chi connectivity index (χ3v) is 9.01. The summed E-state index contributed by atoms with van der Waals surface area (Å²) in [6, 6.07) is 0. The van der Waals surface area contributed by atoms with Crippen molar-refractivity contribution in [1.29, 1.82) is 0 Å². The molecule has 0 bridgehead atoms. The molecular weight excluding hydrogens is 451 g/mol. The minimum Gasteiger partial charge on any atom is -0.550 e. The maximum absolute atomic E-state index is 13.1. The predicted octanol–water partition coefficient (Wildman–Crippen LogP) is -2.36. The van der Waals surface area contributed by atoms with E-state index in [-0.39, 0.29) is 65.9 Å². The number of hydrogen-bond donors (Lipinski definition) is 2. The number of allylic oxidation sites excluding steroid dienone is 4. The number of ether oxygens (including phenoxy) is 1. The normalized spacial score (nSPS) is 40.2. The maximum Gasteiger partial charge on any atom is 1.00 e. The van der Waals surface area contributed by atoms with Crippen LogP contribution in [0, 0.1) is 28.6 Å². The average molecular weight is 483 g/mol. The molecule has 0 aromatic heterocycles. The van der Waals surface area contributed by atoms with Crippen LogP contribution in [0.2, 0.25) is 0 Å². The Balaban J connectivity index is 0.00000324. The summed E-state index contributed by atoms with van der Waals surface area (Å²) < 4.78 is 4.94. The van der Waals surface area contributed by atoms with Gasteiger partial charge in [0, 0.05) is 22.7 Å². The largest absolute Gasteiger partial charge is 1.00 e. The molecule has 8 nitrogen and oxygen atoms in total. The Hall–Kier alpha value is -1.32. The van der Waals surface area contributed by atoms with Gasteiger partial charge in [0.2, 0.25) is 5.78 Å². The van der Waals surface area contributed by atoms with Gasteiger partial charge in [0.15, 0.2) is 12.4 Å². The Morgan fingerprint density at radius 1 is 1.21 bits per heavy atom. The van der Waals surface area contributed by atoms with Gasteiger partial charge >= 0.3 is 35.5 Å². The number of carboxylic acids is 1. The van der Waals surface area contributed by atoms with Crippen LogP contribution in [0.4, 0.5) is 0 Å². The Morgan fingerprint density at radius 2 is 1.91 bits per heavy atom. The van der Waals surface area contributed by atoms with Crippen molar-refractivity contribution in [3.63, 3.8) is 0 Å². The molecule has 2 N–H and O–H groups in total. The first-order chi connectivity index (χ1) is 15.4. The second-order valence-electron chi connectivity index (χ2n) is 10.6. The molecule has 180 valence electrons. The van der Waals surface area contributed by atoms with Gasteiger partial charge in [0.05, 0.1) is 12.5 Å². The van der Waals surface area contributed by atoms with Crippen molar-refractivity contribution < 1.29 is 68.8 Å². The van der Waals surface area contributed by atoms with Crippen molar-refractivity contribution in [3.8, 4) is 0 Å². The smallest absolute Gasteiger partial charge is 0.550 e. The number of aliphatic hydroxyl groups is 2. The zero-order chi connectivity index (χ0) is 24.2. The molecule has 7 atom stereocenters. The molecule has 3 unspecified atom stereocenters. The van der Waals surface area contributed by atoms with E-state index in [0.717, 1.165) is 18.4 Å². The van der Waals surface area contributed by atoms with Gasteiger partial charge in [-0.15, -0.1) is 0 Å². The number of ketones is 2. The van der Waals surface area contributed by atoms with Crippen LogP contribution in [-0.2, 0) is 23.9 Å². The fraction of sp³-hybridized carbons (Fsp3) is 0.680. The monoisotopic (exact) mass is 482 g/mol. The molecule has 3 fully saturated rings. The Morgan fingerprint density at radius 3 is 2.59 bits per heavy atom. The van der Waals surface area contributed by atoms with E-state index in [0.29, 0.717) is 6.42 Å². The number of carbonyl (C=O) groups excluding carboxylic acids is 4. The van der Waals surface area contributed by atoms with Crippen molar-refractivity contribution in [3.05, 3.63) is 23.8 Å². The SMILES string of the molecule is C[C@]12C=CC(=O)C=C1CCC1C2[C@@H](O)C[C@@]2(C)C1CC[C@]2(O)C(=O)COC(=O)CCC(=O)[O-].[Na+]. The minimum atomic E-state index is -1.74. The molecule has 4 rings (SSSR count). The van der Waals surface area contributed by atoms with Crippen LogP contribution >= 0.6 is 0 Å². The van der Waals surface area contributed by atoms with E-state index >= 15 is 0 Å². The van der Waals surface area contributed by atoms with Crippen LogP contribution in [0.5, 0.6) is 0 Å². The standard InChI is InChI=1S/C25H32O8.Na/c1-23-9-7-15(26)11-14(23)3-4-16-17-8-10-25(32,24(17,2)12-18(27)22(16)23)19(28)13-33-21(31)6-5-20(29)30;/h7,9,11,16-18,22,27,32H,3-6,8,10,12-13H2,1-2H3,(H,29,30);/q;+1/p-1/t16?,17?,18-,22?,23-,24-,25-;/m0./s1. The van der Waals surface area contributed by atoms with Gasteiger partial charge in [-0.25, -0.2) is 0 Å². The molecule has 34 heavy (non-hydrogen) atoms. The summed E-state index contributed by atoms with van der Waals surface area (Å²) in [5.41, 5.74) is -2.02.